The second-order valence-electron chi connectivity index (χ2n) is 10.1. The van der Waals surface area contributed by atoms with Crippen molar-refractivity contribution in [2.24, 2.45) is 0 Å². The lowest BCUT2D eigenvalue weighted by Gasteiger charge is -2.39. The molecule has 0 spiro atoms. The fourth-order valence-corrected chi connectivity index (χ4v) is 3.86. The van der Waals surface area contributed by atoms with Gasteiger partial charge in [0.05, 0.1) is 0 Å². The summed E-state index contributed by atoms with van der Waals surface area (Å²) in [5, 5.41) is 9.03. The SMILES string of the molecule is CC(C)(C)[Si](C)(C)Oc1ccc(/C=C/C(=O)O)cc1O[Si](C)(C)C(C)(C)C. The second kappa shape index (κ2) is 7.83. The smallest absolute Gasteiger partial charge is 0.328 e. The molecule has 4 nitrogen and oxygen atoms in total. The Kier molecular flexibility index (Phi) is 6.82. The summed E-state index contributed by atoms with van der Waals surface area (Å²) in [6, 6.07) is 5.67. The molecular weight excluding hydrogens is 372 g/mol. The van der Waals surface area contributed by atoms with Crippen LogP contribution in [0, 0.1) is 0 Å². The molecule has 0 aromatic heterocycles. The quantitative estimate of drug-likeness (QED) is 0.428. The van der Waals surface area contributed by atoms with Gasteiger partial charge < -0.3 is 14.0 Å². The highest BCUT2D eigenvalue weighted by molar-refractivity contribution is 6.75. The Morgan fingerprint density at radius 3 is 1.74 bits per heavy atom. The Labute approximate surface area is 166 Å². The zero-order valence-corrected chi connectivity index (χ0v) is 20.6. The van der Waals surface area contributed by atoms with Crippen LogP contribution >= 0.6 is 0 Å². The third-order valence-electron chi connectivity index (χ3n) is 5.73. The van der Waals surface area contributed by atoms with E-state index in [0.717, 1.165) is 17.4 Å². The highest BCUT2D eigenvalue weighted by Crippen LogP contribution is 2.43. The molecule has 152 valence electrons. The predicted octanol–water partition coefficient (Wildman–Crippen LogP) is 6.55. The second-order valence-corrected chi connectivity index (χ2v) is 19.6. The van der Waals surface area contributed by atoms with Crippen molar-refractivity contribution in [3.63, 3.8) is 0 Å². The molecule has 0 fully saturated rings. The van der Waals surface area contributed by atoms with Crippen LogP contribution < -0.4 is 8.85 Å². The minimum atomic E-state index is -2.07. The first-order valence-corrected chi connectivity index (χ1v) is 15.2. The van der Waals surface area contributed by atoms with Crippen molar-refractivity contribution in [1.82, 2.24) is 0 Å². The van der Waals surface area contributed by atoms with Crippen molar-refractivity contribution >= 4 is 28.7 Å². The maximum Gasteiger partial charge on any atom is 0.328 e. The number of carbonyl (C=O) groups is 1. The molecule has 0 bridgehead atoms. The molecule has 0 amide bonds. The van der Waals surface area contributed by atoms with E-state index in [1.807, 2.05) is 18.2 Å². The van der Waals surface area contributed by atoms with Gasteiger partial charge in [0, 0.05) is 6.08 Å². The van der Waals surface area contributed by atoms with Gasteiger partial charge in [0.1, 0.15) is 11.5 Å². The van der Waals surface area contributed by atoms with Crippen LogP contribution in [0.5, 0.6) is 11.5 Å². The van der Waals surface area contributed by atoms with E-state index in [9.17, 15) is 4.79 Å². The van der Waals surface area contributed by atoms with Gasteiger partial charge in [-0.25, -0.2) is 4.79 Å². The highest BCUT2D eigenvalue weighted by atomic mass is 28.4. The van der Waals surface area contributed by atoms with Crippen molar-refractivity contribution in [3.05, 3.63) is 29.8 Å². The number of rotatable bonds is 6. The minimum absolute atomic E-state index is 0.0498. The summed E-state index contributed by atoms with van der Waals surface area (Å²) in [6.07, 6.45) is 2.72. The summed E-state index contributed by atoms with van der Waals surface area (Å²) in [7, 11) is -4.10. The van der Waals surface area contributed by atoms with E-state index in [0.29, 0.717) is 5.75 Å². The lowest BCUT2D eigenvalue weighted by atomic mass is 10.2. The summed E-state index contributed by atoms with van der Waals surface area (Å²) in [6.45, 7) is 22.0. The molecule has 1 N–H and O–H groups in total. The lowest BCUT2D eigenvalue weighted by molar-refractivity contribution is -0.131. The molecule has 1 aromatic carbocycles. The van der Waals surface area contributed by atoms with Crippen LogP contribution in [-0.2, 0) is 4.79 Å². The van der Waals surface area contributed by atoms with Crippen molar-refractivity contribution in [2.45, 2.75) is 77.8 Å². The first-order valence-electron chi connectivity index (χ1n) is 9.39. The molecule has 1 rings (SSSR count). The van der Waals surface area contributed by atoms with Gasteiger partial charge >= 0.3 is 5.97 Å². The Bertz CT molecular complexity index is 708. The van der Waals surface area contributed by atoms with E-state index in [4.69, 9.17) is 14.0 Å². The average molecular weight is 409 g/mol. The fraction of sp³-hybridized carbons (Fsp3) is 0.571. The molecule has 0 radical (unpaired) electrons. The van der Waals surface area contributed by atoms with Gasteiger partial charge in [-0.15, -0.1) is 0 Å². The number of aliphatic carboxylic acids is 1. The normalized spacial score (nSPS) is 13.7. The maximum absolute atomic E-state index is 10.9. The molecule has 6 heteroatoms. The van der Waals surface area contributed by atoms with Gasteiger partial charge in [-0.1, -0.05) is 47.6 Å². The molecule has 0 unspecified atom stereocenters. The van der Waals surface area contributed by atoms with E-state index < -0.39 is 22.6 Å². The van der Waals surface area contributed by atoms with Crippen LogP contribution in [0.2, 0.25) is 36.3 Å². The average Bonchev–Trinajstić information content (AvgIpc) is 2.44. The first-order chi connectivity index (χ1) is 12.0. The van der Waals surface area contributed by atoms with E-state index in [-0.39, 0.29) is 10.1 Å². The van der Waals surface area contributed by atoms with E-state index in [1.54, 1.807) is 6.08 Å². The van der Waals surface area contributed by atoms with Crippen molar-refractivity contribution in [2.75, 3.05) is 0 Å². The predicted molar refractivity (Wildman–Crippen MR) is 119 cm³/mol. The number of benzene rings is 1. The summed E-state index contributed by atoms with van der Waals surface area (Å²) in [5.41, 5.74) is 0.786. The summed E-state index contributed by atoms with van der Waals surface area (Å²) in [5.74, 6) is 0.487. The van der Waals surface area contributed by atoms with Crippen LogP contribution in [0.4, 0.5) is 0 Å². The first kappa shape index (κ1) is 23.5. The third kappa shape index (κ3) is 6.24. The molecular formula is C21H36O4Si2. The Balaban J connectivity index is 3.39. The highest BCUT2D eigenvalue weighted by Gasteiger charge is 2.42. The van der Waals surface area contributed by atoms with Crippen LogP contribution in [0.25, 0.3) is 6.08 Å². The molecule has 0 atom stereocenters. The zero-order chi connectivity index (χ0) is 21.3. The molecule has 0 aliphatic heterocycles. The fourth-order valence-electron chi connectivity index (χ4n) is 1.82. The summed E-state index contributed by atoms with van der Waals surface area (Å²) >= 11 is 0. The van der Waals surface area contributed by atoms with E-state index >= 15 is 0 Å². The van der Waals surface area contributed by atoms with Crippen LogP contribution in [-0.4, -0.2) is 27.7 Å². The topological polar surface area (TPSA) is 55.8 Å². The monoisotopic (exact) mass is 408 g/mol. The standard InChI is InChI=1S/C21H36O4Si2/c1-20(2,3)26(7,8)24-17-13-11-16(12-14-19(22)23)15-18(17)25-27(9,10)21(4,5)6/h11-15H,1-10H3,(H,22,23)/b14-12+. The third-order valence-corrected chi connectivity index (χ3v) is 14.4. The molecule has 0 saturated carbocycles. The number of carboxylic acid groups (broad SMARTS) is 1. The maximum atomic E-state index is 10.9. The van der Waals surface area contributed by atoms with Crippen LogP contribution in [0.3, 0.4) is 0 Å². The van der Waals surface area contributed by atoms with Crippen LogP contribution in [0.1, 0.15) is 47.1 Å². The molecule has 0 aliphatic carbocycles. The van der Waals surface area contributed by atoms with Gasteiger partial charge in [0.15, 0.2) is 0 Å². The molecule has 1 aromatic rings. The molecule has 0 aliphatic rings. The zero-order valence-electron chi connectivity index (χ0n) is 18.6. The number of carboxylic acids is 1. The van der Waals surface area contributed by atoms with Gasteiger partial charge in [0.2, 0.25) is 0 Å². The molecule has 0 saturated heterocycles. The van der Waals surface area contributed by atoms with Crippen LogP contribution in [0.15, 0.2) is 24.3 Å². The van der Waals surface area contributed by atoms with Crippen molar-refractivity contribution < 1.29 is 18.8 Å². The Morgan fingerprint density at radius 1 is 0.889 bits per heavy atom. The van der Waals surface area contributed by atoms with Gasteiger partial charge in [-0.2, -0.15) is 0 Å². The van der Waals surface area contributed by atoms with Gasteiger partial charge in [-0.3, -0.25) is 0 Å². The molecule has 27 heavy (non-hydrogen) atoms. The van der Waals surface area contributed by atoms with Gasteiger partial charge in [0.25, 0.3) is 16.6 Å². The Morgan fingerprint density at radius 2 is 1.33 bits per heavy atom. The Hall–Kier alpha value is -1.54. The summed E-state index contributed by atoms with van der Waals surface area (Å²) < 4.78 is 13.1. The largest absolute Gasteiger partial charge is 0.541 e. The molecule has 0 heterocycles. The van der Waals surface area contributed by atoms with Gasteiger partial charge in [-0.05, 0) is 60.0 Å². The van der Waals surface area contributed by atoms with E-state index in [1.165, 1.54) is 0 Å². The van der Waals surface area contributed by atoms with E-state index in [2.05, 4.69) is 67.7 Å². The van der Waals surface area contributed by atoms with Crippen molar-refractivity contribution in [3.8, 4) is 11.5 Å². The summed E-state index contributed by atoms with van der Waals surface area (Å²) in [4.78, 5) is 10.9. The number of hydrogen-bond acceptors (Lipinski definition) is 3. The van der Waals surface area contributed by atoms with Crippen molar-refractivity contribution in [1.29, 1.82) is 0 Å². The number of hydrogen-bond donors (Lipinski definition) is 1. The lowest BCUT2D eigenvalue weighted by Crippen LogP contribution is -2.45. The minimum Gasteiger partial charge on any atom is -0.541 e.